The summed E-state index contributed by atoms with van der Waals surface area (Å²) in [7, 11) is 1.60. The Hall–Kier alpha value is -2.18. The van der Waals surface area contributed by atoms with Crippen LogP contribution in [0.4, 0.5) is 0 Å². The average Bonchev–Trinajstić information content (AvgIpc) is 3.20. The number of rotatable bonds is 4. The SMILES string of the molecule is CNC(=O)c1ccc(/C=C/C(=O)N2CCCCC2C2OCCO2)cc1. The molecule has 1 atom stereocenters. The lowest BCUT2D eigenvalue weighted by atomic mass is 10.0. The van der Waals surface area contributed by atoms with E-state index >= 15 is 0 Å². The first-order valence-electron chi connectivity index (χ1n) is 8.73. The fourth-order valence-corrected chi connectivity index (χ4v) is 3.27. The largest absolute Gasteiger partial charge is 0.355 e. The summed E-state index contributed by atoms with van der Waals surface area (Å²) in [5, 5.41) is 2.58. The molecule has 0 spiro atoms. The maximum absolute atomic E-state index is 12.6. The van der Waals surface area contributed by atoms with Crippen molar-refractivity contribution in [1.82, 2.24) is 10.2 Å². The molecule has 1 aromatic carbocycles. The van der Waals surface area contributed by atoms with E-state index < -0.39 is 0 Å². The van der Waals surface area contributed by atoms with Gasteiger partial charge < -0.3 is 19.7 Å². The van der Waals surface area contributed by atoms with Crippen LogP contribution in [-0.2, 0) is 14.3 Å². The molecule has 2 amide bonds. The normalized spacial score (nSPS) is 21.6. The number of nitrogens with one attached hydrogen (secondary N) is 1. The molecule has 134 valence electrons. The molecule has 2 heterocycles. The summed E-state index contributed by atoms with van der Waals surface area (Å²) in [4.78, 5) is 26.0. The number of benzene rings is 1. The van der Waals surface area contributed by atoms with Gasteiger partial charge >= 0.3 is 0 Å². The minimum atomic E-state index is -0.301. The van der Waals surface area contributed by atoms with E-state index in [1.54, 1.807) is 31.3 Å². The summed E-state index contributed by atoms with van der Waals surface area (Å²) in [6.07, 6.45) is 6.06. The highest BCUT2D eigenvalue weighted by molar-refractivity contribution is 5.95. The van der Waals surface area contributed by atoms with E-state index in [0.29, 0.717) is 18.8 Å². The van der Waals surface area contributed by atoms with E-state index in [0.717, 1.165) is 31.4 Å². The highest BCUT2D eigenvalue weighted by atomic mass is 16.7. The maximum Gasteiger partial charge on any atom is 0.251 e. The van der Waals surface area contributed by atoms with Crippen molar-refractivity contribution in [3.63, 3.8) is 0 Å². The van der Waals surface area contributed by atoms with Crippen LogP contribution in [0.3, 0.4) is 0 Å². The summed E-state index contributed by atoms with van der Waals surface area (Å²) in [5.41, 5.74) is 1.47. The van der Waals surface area contributed by atoms with Crippen molar-refractivity contribution in [3.05, 3.63) is 41.5 Å². The molecule has 25 heavy (non-hydrogen) atoms. The quantitative estimate of drug-likeness (QED) is 0.846. The third kappa shape index (κ3) is 4.27. The van der Waals surface area contributed by atoms with Crippen LogP contribution in [0.1, 0.15) is 35.2 Å². The molecule has 3 rings (SSSR count). The van der Waals surface area contributed by atoms with Gasteiger partial charge in [-0.3, -0.25) is 9.59 Å². The van der Waals surface area contributed by atoms with E-state index in [2.05, 4.69) is 5.32 Å². The summed E-state index contributed by atoms with van der Waals surface area (Å²) in [5.74, 6) is -0.154. The number of hydrogen-bond donors (Lipinski definition) is 1. The van der Waals surface area contributed by atoms with E-state index in [1.165, 1.54) is 0 Å². The Morgan fingerprint density at radius 1 is 1.16 bits per heavy atom. The second-order valence-corrected chi connectivity index (χ2v) is 6.24. The van der Waals surface area contributed by atoms with E-state index in [1.807, 2.05) is 17.0 Å². The standard InChI is InChI=1S/C19H24N2O4/c1-20-18(23)15-8-5-14(6-9-15)7-10-17(22)21-11-3-2-4-16(21)19-24-12-13-25-19/h5-10,16,19H,2-4,11-13H2,1H3,(H,20,23)/b10-7+. The Kier molecular flexibility index (Phi) is 5.83. The number of amides is 2. The highest BCUT2D eigenvalue weighted by Gasteiger charge is 2.35. The third-order valence-corrected chi connectivity index (χ3v) is 4.61. The van der Waals surface area contributed by atoms with Gasteiger partial charge in [0.2, 0.25) is 5.91 Å². The smallest absolute Gasteiger partial charge is 0.251 e. The van der Waals surface area contributed by atoms with Crippen LogP contribution in [0, 0.1) is 0 Å². The summed E-state index contributed by atoms with van der Waals surface area (Å²) in [6.45, 7) is 1.92. The van der Waals surface area contributed by atoms with Crippen molar-refractivity contribution in [1.29, 1.82) is 0 Å². The molecular formula is C19H24N2O4. The van der Waals surface area contributed by atoms with Gasteiger partial charge in [0.05, 0.1) is 19.3 Å². The lowest BCUT2D eigenvalue weighted by molar-refractivity contribution is -0.145. The monoisotopic (exact) mass is 344 g/mol. The van der Waals surface area contributed by atoms with Crippen LogP contribution in [0.2, 0.25) is 0 Å². The van der Waals surface area contributed by atoms with E-state index in [4.69, 9.17) is 9.47 Å². The molecule has 0 aromatic heterocycles. The molecule has 6 nitrogen and oxygen atoms in total. The van der Waals surface area contributed by atoms with Gasteiger partial charge in [-0.2, -0.15) is 0 Å². The summed E-state index contributed by atoms with van der Waals surface area (Å²) in [6, 6.07) is 7.13. The first-order chi connectivity index (χ1) is 12.2. The fourth-order valence-electron chi connectivity index (χ4n) is 3.27. The van der Waals surface area contributed by atoms with Crippen molar-refractivity contribution >= 4 is 17.9 Å². The van der Waals surface area contributed by atoms with Gasteiger partial charge in [-0.15, -0.1) is 0 Å². The zero-order valence-electron chi connectivity index (χ0n) is 14.4. The average molecular weight is 344 g/mol. The molecule has 0 radical (unpaired) electrons. The predicted octanol–water partition coefficient (Wildman–Crippen LogP) is 1.81. The molecule has 1 unspecified atom stereocenters. The zero-order chi connectivity index (χ0) is 17.6. The van der Waals surface area contributed by atoms with Gasteiger partial charge in [0, 0.05) is 25.2 Å². The predicted molar refractivity (Wildman–Crippen MR) is 93.9 cm³/mol. The Labute approximate surface area is 147 Å². The molecule has 1 aromatic rings. The third-order valence-electron chi connectivity index (χ3n) is 4.61. The van der Waals surface area contributed by atoms with Gasteiger partial charge in [0.15, 0.2) is 6.29 Å². The van der Waals surface area contributed by atoms with Crippen molar-refractivity contribution < 1.29 is 19.1 Å². The Morgan fingerprint density at radius 2 is 1.88 bits per heavy atom. The van der Waals surface area contributed by atoms with Crippen molar-refractivity contribution in [3.8, 4) is 0 Å². The number of likely N-dealkylation sites (tertiary alicyclic amines) is 1. The summed E-state index contributed by atoms with van der Waals surface area (Å²) >= 11 is 0. The topological polar surface area (TPSA) is 67.9 Å². The molecular weight excluding hydrogens is 320 g/mol. The van der Waals surface area contributed by atoms with Gasteiger partial charge in [0.25, 0.3) is 5.91 Å². The van der Waals surface area contributed by atoms with Crippen LogP contribution in [0.5, 0.6) is 0 Å². The number of hydrogen-bond acceptors (Lipinski definition) is 4. The van der Waals surface area contributed by atoms with Crippen LogP contribution in [0.15, 0.2) is 30.3 Å². The number of ether oxygens (including phenoxy) is 2. The minimum Gasteiger partial charge on any atom is -0.355 e. The molecule has 0 bridgehead atoms. The first kappa shape index (κ1) is 17.6. The Bertz CT molecular complexity index is 635. The van der Waals surface area contributed by atoms with Crippen LogP contribution in [-0.4, -0.2) is 55.9 Å². The summed E-state index contributed by atoms with van der Waals surface area (Å²) < 4.78 is 11.2. The van der Waals surface area contributed by atoms with Gasteiger partial charge in [-0.25, -0.2) is 0 Å². The number of piperidine rings is 1. The molecule has 2 fully saturated rings. The molecule has 1 N–H and O–H groups in total. The number of carbonyl (C=O) groups is 2. The Balaban J connectivity index is 1.65. The van der Waals surface area contributed by atoms with E-state index in [9.17, 15) is 9.59 Å². The molecule has 2 aliphatic rings. The Morgan fingerprint density at radius 3 is 2.56 bits per heavy atom. The molecule has 2 aliphatic heterocycles. The number of carbonyl (C=O) groups excluding carboxylic acids is 2. The lowest BCUT2D eigenvalue weighted by Crippen LogP contribution is -2.49. The van der Waals surface area contributed by atoms with Crippen molar-refractivity contribution in [2.45, 2.75) is 31.6 Å². The maximum atomic E-state index is 12.6. The van der Waals surface area contributed by atoms with E-state index in [-0.39, 0.29) is 24.1 Å². The van der Waals surface area contributed by atoms with Crippen LogP contribution in [0.25, 0.3) is 6.08 Å². The van der Waals surface area contributed by atoms with Crippen LogP contribution < -0.4 is 5.32 Å². The van der Waals surface area contributed by atoms with Gasteiger partial charge in [-0.05, 0) is 43.0 Å². The van der Waals surface area contributed by atoms with Gasteiger partial charge in [0.1, 0.15) is 0 Å². The van der Waals surface area contributed by atoms with Crippen molar-refractivity contribution in [2.24, 2.45) is 0 Å². The lowest BCUT2D eigenvalue weighted by Gasteiger charge is -2.37. The first-order valence-corrected chi connectivity index (χ1v) is 8.73. The fraction of sp³-hybridized carbons (Fsp3) is 0.474. The van der Waals surface area contributed by atoms with Crippen LogP contribution >= 0.6 is 0 Å². The van der Waals surface area contributed by atoms with Crippen molar-refractivity contribution in [2.75, 3.05) is 26.8 Å². The second-order valence-electron chi connectivity index (χ2n) is 6.24. The molecule has 6 heteroatoms. The minimum absolute atomic E-state index is 0.0102. The van der Waals surface area contributed by atoms with Gasteiger partial charge in [-0.1, -0.05) is 12.1 Å². The molecule has 2 saturated heterocycles. The molecule has 0 saturated carbocycles. The highest BCUT2D eigenvalue weighted by Crippen LogP contribution is 2.24. The molecule has 0 aliphatic carbocycles. The second kappa shape index (κ2) is 8.27. The number of nitrogens with zero attached hydrogens (tertiary/aromatic N) is 1. The zero-order valence-corrected chi connectivity index (χ0v) is 14.4.